The first-order valence-electron chi connectivity index (χ1n) is 7.06. The molecule has 0 saturated carbocycles. The van der Waals surface area contributed by atoms with E-state index in [-0.39, 0.29) is 24.0 Å². The van der Waals surface area contributed by atoms with Gasteiger partial charge < -0.3 is 24.5 Å². The molecule has 126 valence electrons. The van der Waals surface area contributed by atoms with E-state index in [1.54, 1.807) is 20.5 Å². The summed E-state index contributed by atoms with van der Waals surface area (Å²) in [6, 6.07) is 9.35. The summed E-state index contributed by atoms with van der Waals surface area (Å²) in [5, 5.41) is 6.41. The lowest BCUT2D eigenvalue weighted by molar-refractivity contribution is 0.355. The third kappa shape index (κ3) is 5.66. The molecule has 0 unspecified atom stereocenters. The van der Waals surface area contributed by atoms with Crippen LogP contribution in [-0.2, 0) is 6.54 Å². The molecule has 0 aliphatic rings. The number of anilines is 1. The molecule has 0 radical (unpaired) electrons. The Morgan fingerprint density at radius 3 is 2.57 bits per heavy atom. The first kappa shape index (κ1) is 19.1. The van der Waals surface area contributed by atoms with Gasteiger partial charge in [-0.05, 0) is 31.2 Å². The molecule has 0 amide bonds. The SMILES string of the molecule is CCNC(=NCc1ccco1)Nc1ccc(OC)c(OC)c1.I. The van der Waals surface area contributed by atoms with Crippen molar-refractivity contribution >= 4 is 35.6 Å². The van der Waals surface area contributed by atoms with Crippen molar-refractivity contribution in [1.82, 2.24) is 5.32 Å². The van der Waals surface area contributed by atoms with E-state index in [0.717, 1.165) is 18.0 Å². The largest absolute Gasteiger partial charge is 0.493 e. The van der Waals surface area contributed by atoms with E-state index in [1.165, 1.54) is 0 Å². The molecule has 6 nitrogen and oxygen atoms in total. The molecule has 23 heavy (non-hydrogen) atoms. The maximum absolute atomic E-state index is 5.30. The number of nitrogens with zero attached hydrogens (tertiary/aromatic N) is 1. The Balaban J connectivity index is 0.00000264. The summed E-state index contributed by atoms with van der Waals surface area (Å²) < 4.78 is 15.8. The normalized spacial score (nSPS) is 10.7. The topological polar surface area (TPSA) is 68.0 Å². The second kappa shape index (κ2) is 9.98. The summed E-state index contributed by atoms with van der Waals surface area (Å²) in [6.45, 7) is 3.24. The highest BCUT2D eigenvalue weighted by Crippen LogP contribution is 2.29. The van der Waals surface area contributed by atoms with Gasteiger partial charge in [0.1, 0.15) is 12.3 Å². The Hall–Kier alpha value is -1.90. The van der Waals surface area contributed by atoms with Crippen LogP contribution in [0.4, 0.5) is 5.69 Å². The lowest BCUT2D eigenvalue weighted by Crippen LogP contribution is -2.30. The van der Waals surface area contributed by atoms with Crippen LogP contribution in [0.25, 0.3) is 0 Å². The molecular weight excluding hydrogens is 409 g/mol. The lowest BCUT2D eigenvalue weighted by atomic mass is 10.3. The third-order valence-corrected chi connectivity index (χ3v) is 2.96. The van der Waals surface area contributed by atoms with Gasteiger partial charge >= 0.3 is 0 Å². The molecule has 7 heteroatoms. The average molecular weight is 431 g/mol. The quantitative estimate of drug-likeness (QED) is 0.417. The number of furan rings is 1. The molecule has 1 aromatic heterocycles. The van der Waals surface area contributed by atoms with Crippen molar-refractivity contribution in [2.24, 2.45) is 4.99 Å². The summed E-state index contributed by atoms with van der Waals surface area (Å²) in [6.07, 6.45) is 1.64. The summed E-state index contributed by atoms with van der Waals surface area (Å²) >= 11 is 0. The van der Waals surface area contributed by atoms with Gasteiger partial charge in [-0.25, -0.2) is 4.99 Å². The minimum Gasteiger partial charge on any atom is -0.493 e. The molecule has 2 aromatic rings. The van der Waals surface area contributed by atoms with E-state index in [4.69, 9.17) is 13.9 Å². The van der Waals surface area contributed by atoms with Crippen molar-refractivity contribution < 1.29 is 13.9 Å². The summed E-state index contributed by atoms with van der Waals surface area (Å²) in [7, 11) is 3.22. The zero-order chi connectivity index (χ0) is 15.8. The minimum absolute atomic E-state index is 0. The predicted molar refractivity (Wildman–Crippen MR) is 102 cm³/mol. The maximum Gasteiger partial charge on any atom is 0.196 e. The number of hydrogen-bond donors (Lipinski definition) is 2. The fraction of sp³-hybridized carbons (Fsp3) is 0.312. The van der Waals surface area contributed by atoms with E-state index in [9.17, 15) is 0 Å². The van der Waals surface area contributed by atoms with Crippen LogP contribution in [-0.4, -0.2) is 26.7 Å². The summed E-state index contributed by atoms with van der Waals surface area (Å²) in [5.41, 5.74) is 0.858. The van der Waals surface area contributed by atoms with Crippen molar-refractivity contribution in [3.63, 3.8) is 0 Å². The van der Waals surface area contributed by atoms with Gasteiger partial charge in [-0.3, -0.25) is 0 Å². The summed E-state index contributed by atoms with van der Waals surface area (Å²) in [4.78, 5) is 4.48. The fourth-order valence-electron chi connectivity index (χ4n) is 1.92. The fourth-order valence-corrected chi connectivity index (χ4v) is 1.92. The van der Waals surface area contributed by atoms with Crippen LogP contribution in [0.5, 0.6) is 11.5 Å². The van der Waals surface area contributed by atoms with Crippen LogP contribution < -0.4 is 20.1 Å². The van der Waals surface area contributed by atoms with Crippen LogP contribution in [0.3, 0.4) is 0 Å². The lowest BCUT2D eigenvalue weighted by Gasteiger charge is -2.13. The Morgan fingerprint density at radius 1 is 1.17 bits per heavy atom. The second-order valence-corrected chi connectivity index (χ2v) is 4.47. The Bertz CT molecular complexity index is 615. The number of rotatable bonds is 6. The first-order chi connectivity index (χ1) is 10.8. The number of aliphatic imine (C=N–C) groups is 1. The molecule has 0 spiro atoms. The van der Waals surface area contributed by atoms with Crippen molar-refractivity contribution in [3.05, 3.63) is 42.4 Å². The van der Waals surface area contributed by atoms with Gasteiger partial charge in [0.2, 0.25) is 0 Å². The smallest absolute Gasteiger partial charge is 0.196 e. The van der Waals surface area contributed by atoms with Gasteiger partial charge in [-0.2, -0.15) is 0 Å². The number of halogens is 1. The molecule has 0 aliphatic carbocycles. The second-order valence-electron chi connectivity index (χ2n) is 4.47. The van der Waals surface area contributed by atoms with Gasteiger partial charge in [0.15, 0.2) is 17.5 Å². The number of methoxy groups -OCH3 is 2. The van der Waals surface area contributed by atoms with E-state index in [1.807, 2.05) is 37.3 Å². The third-order valence-electron chi connectivity index (χ3n) is 2.96. The van der Waals surface area contributed by atoms with Crippen molar-refractivity contribution in [2.45, 2.75) is 13.5 Å². The minimum atomic E-state index is 0. The average Bonchev–Trinajstić information content (AvgIpc) is 3.06. The zero-order valence-electron chi connectivity index (χ0n) is 13.5. The zero-order valence-corrected chi connectivity index (χ0v) is 15.8. The Kier molecular flexibility index (Phi) is 8.31. The maximum atomic E-state index is 5.30. The Morgan fingerprint density at radius 2 is 1.96 bits per heavy atom. The molecule has 2 rings (SSSR count). The van der Waals surface area contributed by atoms with Crippen LogP contribution >= 0.6 is 24.0 Å². The molecule has 1 aromatic carbocycles. The van der Waals surface area contributed by atoms with Gasteiger partial charge in [-0.15, -0.1) is 24.0 Å². The van der Waals surface area contributed by atoms with Crippen molar-refractivity contribution in [2.75, 3.05) is 26.1 Å². The number of nitrogens with one attached hydrogen (secondary N) is 2. The molecular formula is C16H22IN3O3. The number of hydrogen-bond acceptors (Lipinski definition) is 4. The van der Waals surface area contributed by atoms with Crippen molar-refractivity contribution in [1.29, 1.82) is 0 Å². The number of guanidine groups is 1. The van der Waals surface area contributed by atoms with Gasteiger partial charge in [0, 0.05) is 18.3 Å². The highest BCUT2D eigenvalue weighted by atomic mass is 127. The first-order valence-corrected chi connectivity index (χ1v) is 7.06. The highest BCUT2D eigenvalue weighted by molar-refractivity contribution is 14.0. The van der Waals surface area contributed by atoms with E-state index >= 15 is 0 Å². The van der Waals surface area contributed by atoms with Gasteiger partial charge in [0.05, 0.1) is 20.5 Å². The van der Waals surface area contributed by atoms with Gasteiger partial charge in [-0.1, -0.05) is 0 Å². The summed E-state index contributed by atoms with van der Waals surface area (Å²) in [5.74, 6) is 2.83. The standard InChI is InChI=1S/C16H21N3O3.HI/c1-4-17-16(18-11-13-6-5-9-22-13)19-12-7-8-14(20-2)15(10-12)21-3;/h5-10H,4,11H2,1-3H3,(H2,17,18,19);1H. The number of ether oxygens (including phenoxy) is 2. The van der Waals surface area contributed by atoms with E-state index < -0.39 is 0 Å². The van der Waals surface area contributed by atoms with E-state index in [2.05, 4.69) is 15.6 Å². The molecule has 0 fully saturated rings. The van der Waals surface area contributed by atoms with Crippen LogP contribution in [0.2, 0.25) is 0 Å². The van der Waals surface area contributed by atoms with E-state index in [0.29, 0.717) is 24.0 Å². The van der Waals surface area contributed by atoms with Crippen LogP contribution in [0.1, 0.15) is 12.7 Å². The molecule has 2 N–H and O–H groups in total. The Labute approximate surface area is 153 Å². The van der Waals surface area contributed by atoms with Crippen LogP contribution in [0.15, 0.2) is 46.0 Å². The molecule has 0 aliphatic heterocycles. The van der Waals surface area contributed by atoms with Gasteiger partial charge in [0.25, 0.3) is 0 Å². The molecule has 1 heterocycles. The predicted octanol–water partition coefficient (Wildman–Crippen LogP) is 3.49. The monoisotopic (exact) mass is 431 g/mol. The van der Waals surface area contributed by atoms with Crippen LogP contribution in [0, 0.1) is 0 Å². The molecule has 0 bridgehead atoms. The molecule has 0 atom stereocenters. The van der Waals surface area contributed by atoms with Crippen molar-refractivity contribution in [3.8, 4) is 11.5 Å². The molecule has 0 saturated heterocycles. The number of benzene rings is 1. The highest BCUT2D eigenvalue weighted by Gasteiger charge is 2.06.